The highest BCUT2D eigenvalue weighted by Gasteiger charge is 2.33. The van der Waals surface area contributed by atoms with Crippen LogP contribution in [-0.2, 0) is 17.5 Å². The molecule has 1 aliphatic rings. The summed E-state index contributed by atoms with van der Waals surface area (Å²) >= 11 is 0. The first-order valence-electron chi connectivity index (χ1n) is 6.62. The summed E-state index contributed by atoms with van der Waals surface area (Å²) < 4.78 is 38.4. The molecule has 3 nitrogen and oxygen atoms in total. The van der Waals surface area contributed by atoms with Crippen molar-refractivity contribution in [1.82, 2.24) is 10.6 Å². The smallest absolute Gasteiger partial charge is 0.352 e. The number of carbonyl (C=O) groups excluding carboxylic acids is 1. The number of hydrogen-bond donors (Lipinski definition) is 2. The number of amides is 1. The topological polar surface area (TPSA) is 41.1 Å². The van der Waals surface area contributed by atoms with E-state index in [9.17, 15) is 18.0 Å². The Labute approximate surface area is 115 Å². The molecule has 2 N–H and O–H groups in total. The van der Waals surface area contributed by atoms with E-state index in [2.05, 4.69) is 10.6 Å². The Bertz CT molecular complexity index is 468. The van der Waals surface area contributed by atoms with Crippen LogP contribution in [0.3, 0.4) is 0 Å². The Morgan fingerprint density at radius 3 is 2.75 bits per heavy atom. The predicted molar refractivity (Wildman–Crippen MR) is 68.9 cm³/mol. The maximum absolute atomic E-state index is 12.8. The van der Waals surface area contributed by atoms with Crippen LogP contribution in [0.1, 0.15) is 24.0 Å². The summed E-state index contributed by atoms with van der Waals surface area (Å²) in [4.78, 5) is 11.9. The monoisotopic (exact) mass is 286 g/mol. The van der Waals surface area contributed by atoms with E-state index in [0.717, 1.165) is 25.5 Å². The lowest BCUT2D eigenvalue weighted by Crippen LogP contribution is -2.40. The van der Waals surface area contributed by atoms with Crippen molar-refractivity contribution in [2.75, 3.05) is 13.1 Å². The average Bonchev–Trinajstić information content (AvgIpc) is 2.45. The Morgan fingerprint density at radius 1 is 1.35 bits per heavy atom. The van der Waals surface area contributed by atoms with Crippen molar-refractivity contribution in [2.45, 2.75) is 25.6 Å². The number of rotatable bonds is 3. The van der Waals surface area contributed by atoms with Crippen molar-refractivity contribution in [3.05, 3.63) is 35.4 Å². The van der Waals surface area contributed by atoms with Crippen LogP contribution < -0.4 is 10.6 Å². The molecule has 1 atom stereocenters. The van der Waals surface area contributed by atoms with E-state index in [-0.39, 0.29) is 23.9 Å². The van der Waals surface area contributed by atoms with Gasteiger partial charge in [0.2, 0.25) is 5.91 Å². The minimum Gasteiger partial charge on any atom is -0.352 e. The first kappa shape index (κ1) is 14.8. The standard InChI is InChI=1S/C14H17F3N2O/c15-14(16,17)12-6-2-1-4-10(12)9-19-13(20)11-5-3-7-18-8-11/h1-2,4,6,11,18H,3,5,7-9H2,(H,19,20)/t11-/m0/s1. The van der Waals surface area contributed by atoms with Crippen LogP contribution in [0.15, 0.2) is 24.3 Å². The van der Waals surface area contributed by atoms with Gasteiger partial charge in [-0.1, -0.05) is 18.2 Å². The molecule has 1 heterocycles. The van der Waals surface area contributed by atoms with Gasteiger partial charge in [0, 0.05) is 13.1 Å². The van der Waals surface area contributed by atoms with Gasteiger partial charge in [-0.3, -0.25) is 4.79 Å². The van der Waals surface area contributed by atoms with E-state index in [4.69, 9.17) is 0 Å². The van der Waals surface area contributed by atoms with E-state index < -0.39 is 11.7 Å². The summed E-state index contributed by atoms with van der Waals surface area (Å²) in [6.07, 6.45) is -2.70. The highest BCUT2D eigenvalue weighted by Crippen LogP contribution is 2.31. The fraction of sp³-hybridized carbons (Fsp3) is 0.500. The maximum Gasteiger partial charge on any atom is 0.416 e. The number of nitrogens with one attached hydrogen (secondary N) is 2. The fourth-order valence-electron chi connectivity index (χ4n) is 2.35. The molecule has 0 aliphatic carbocycles. The van der Waals surface area contributed by atoms with Crippen LogP contribution in [0.2, 0.25) is 0 Å². The fourth-order valence-corrected chi connectivity index (χ4v) is 2.35. The third-order valence-corrected chi connectivity index (χ3v) is 3.44. The van der Waals surface area contributed by atoms with Crippen LogP contribution in [-0.4, -0.2) is 19.0 Å². The van der Waals surface area contributed by atoms with Crippen molar-refractivity contribution in [1.29, 1.82) is 0 Å². The highest BCUT2D eigenvalue weighted by molar-refractivity contribution is 5.79. The van der Waals surface area contributed by atoms with E-state index in [0.29, 0.717) is 6.54 Å². The van der Waals surface area contributed by atoms with Gasteiger partial charge in [0.15, 0.2) is 0 Å². The van der Waals surface area contributed by atoms with Gasteiger partial charge in [-0.05, 0) is 31.0 Å². The summed E-state index contributed by atoms with van der Waals surface area (Å²) in [6, 6.07) is 5.31. The molecular weight excluding hydrogens is 269 g/mol. The predicted octanol–water partition coefficient (Wildman–Crippen LogP) is 2.32. The van der Waals surface area contributed by atoms with Gasteiger partial charge in [-0.15, -0.1) is 0 Å². The normalized spacial score (nSPS) is 19.6. The van der Waals surface area contributed by atoms with Crippen molar-refractivity contribution in [3.8, 4) is 0 Å². The molecule has 1 aromatic carbocycles. The highest BCUT2D eigenvalue weighted by atomic mass is 19.4. The van der Waals surface area contributed by atoms with Gasteiger partial charge in [0.05, 0.1) is 11.5 Å². The first-order valence-corrected chi connectivity index (χ1v) is 6.62. The van der Waals surface area contributed by atoms with Crippen molar-refractivity contribution in [3.63, 3.8) is 0 Å². The lowest BCUT2D eigenvalue weighted by molar-refractivity contribution is -0.138. The number of alkyl halides is 3. The molecule has 20 heavy (non-hydrogen) atoms. The second-order valence-corrected chi connectivity index (χ2v) is 4.92. The zero-order valence-electron chi connectivity index (χ0n) is 11.0. The zero-order chi connectivity index (χ0) is 14.6. The van der Waals surface area contributed by atoms with Crippen LogP contribution in [0, 0.1) is 5.92 Å². The SMILES string of the molecule is O=C(NCc1ccccc1C(F)(F)F)[C@H]1CCCNC1. The summed E-state index contributed by atoms with van der Waals surface area (Å²) in [5.41, 5.74) is -0.598. The van der Waals surface area contributed by atoms with Gasteiger partial charge in [-0.2, -0.15) is 13.2 Å². The van der Waals surface area contributed by atoms with E-state index in [1.54, 1.807) is 6.07 Å². The minimum atomic E-state index is -4.40. The van der Waals surface area contributed by atoms with Gasteiger partial charge in [-0.25, -0.2) is 0 Å². The largest absolute Gasteiger partial charge is 0.416 e. The lowest BCUT2D eigenvalue weighted by atomic mass is 9.98. The second kappa shape index (κ2) is 6.26. The van der Waals surface area contributed by atoms with Crippen molar-refractivity contribution in [2.24, 2.45) is 5.92 Å². The minimum absolute atomic E-state index is 0.0922. The van der Waals surface area contributed by atoms with Crippen molar-refractivity contribution >= 4 is 5.91 Å². The van der Waals surface area contributed by atoms with Gasteiger partial charge in [0.25, 0.3) is 0 Å². The molecule has 6 heteroatoms. The molecule has 0 unspecified atom stereocenters. The molecule has 0 radical (unpaired) electrons. The number of benzene rings is 1. The van der Waals surface area contributed by atoms with Gasteiger partial charge < -0.3 is 10.6 Å². The van der Waals surface area contributed by atoms with Crippen LogP contribution in [0.25, 0.3) is 0 Å². The van der Waals surface area contributed by atoms with E-state index in [1.807, 2.05) is 0 Å². The van der Waals surface area contributed by atoms with E-state index >= 15 is 0 Å². The summed E-state index contributed by atoms with van der Waals surface area (Å²) in [6.45, 7) is 1.39. The molecule has 0 aromatic heterocycles. The van der Waals surface area contributed by atoms with Gasteiger partial charge >= 0.3 is 6.18 Å². The quantitative estimate of drug-likeness (QED) is 0.895. The van der Waals surface area contributed by atoms with Crippen LogP contribution >= 0.6 is 0 Å². The third kappa shape index (κ3) is 3.72. The summed E-state index contributed by atoms with van der Waals surface area (Å²) in [5, 5.41) is 5.71. The van der Waals surface area contributed by atoms with Crippen LogP contribution in [0.5, 0.6) is 0 Å². The Kier molecular flexibility index (Phi) is 4.65. The zero-order valence-corrected chi connectivity index (χ0v) is 11.0. The Hall–Kier alpha value is -1.56. The molecule has 110 valence electrons. The number of hydrogen-bond acceptors (Lipinski definition) is 2. The third-order valence-electron chi connectivity index (χ3n) is 3.44. The molecule has 1 aliphatic heterocycles. The Balaban J connectivity index is 1.98. The molecule has 1 amide bonds. The molecule has 2 rings (SSSR count). The number of piperidine rings is 1. The molecule has 1 fully saturated rings. The molecule has 1 aromatic rings. The maximum atomic E-state index is 12.8. The van der Waals surface area contributed by atoms with Crippen molar-refractivity contribution < 1.29 is 18.0 Å². The Morgan fingerprint density at radius 2 is 2.10 bits per heavy atom. The number of halogens is 3. The van der Waals surface area contributed by atoms with E-state index in [1.165, 1.54) is 12.1 Å². The second-order valence-electron chi connectivity index (χ2n) is 4.92. The molecular formula is C14H17F3N2O. The average molecular weight is 286 g/mol. The molecule has 1 saturated heterocycles. The molecule has 0 saturated carbocycles. The molecule has 0 spiro atoms. The molecule has 0 bridgehead atoms. The lowest BCUT2D eigenvalue weighted by Gasteiger charge is -2.22. The first-order chi connectivity index (χ1) is 9.48. The number of carbonyl (C=O) groups is 1. The van der Waals surface area contributed by atoms with Gasteiger partial charge in [0.1, 0.15) is 0 Å². The summed E-state index contributed by atoms with van der Waals surface area (Å²) in [5.74, 6) is -0.337. The van der Waals surface area contributed by atoms with Crippen LogP contribution in [0.4, 0.5) is 13.2 Å². The summed E-state index contributed by atoms with van der Waals surface area (Å²) in [7, 11) is 0.